The number of rotatable bonds is 7. The molecule has 0 bridgehead atoms. The van der Waals surface area contributed by atoms with Crippen LogP contribution in [0.15, 0.2) is 35.7 Å². The molecule has 25 heavy (non-hydrogen) atoms. The fourth-order valence-corrected chi connectivity index (χ4v) is 4.11. The number of carbonyl (C=O) groups excluding carboxylic acids is 1. The summed E-state index contributed by atoms with van der Waals surface area (Å²) >= 11 is 13.8. The van der Waals surface area contributed by atoms with E-state index in [1.54, 1.807) is 17.4 Å². The Hall–Kier alpha value is -1.07. The van der Waals surface area contributed by atoms with Crippen molar-refractivity contribution in [2.45, 2.75) is 25.8 Å². The number of hydrogen-bond acceptors (Lipinski definition) is 3. The molecule has 1 aliphatic rings. The molecule has 0 saturated carbocycles. The zero-order valence-electron chi connectivity index (χ0n) is 14.1. The van der Waals surface area contributed by atoms with E-state index in [4.69, 9.17) is 23.2 Å². The molecule has 6 heteroatoms. The van der Waals surface area contributed by atoms with Gasteiger partial charge in [-0.1, -0.05) is 35.3 Å². The molecule has 2 aromatic rings. The van der Waals surface area contributed by atoms with Crippen molar-refractivity contribution in [3.8, 4) is 0 Å². The Balaban J connectivity index is 1.67. The van der Waals surface area contributed by atoms with E-state index in [1.165, 1.54) is 12.8 Å². The number of amides is 1. The van der Waals surface area contributed by atoms with Gasteiger partial charge in [0, 0.05) is 24.5 Å². The average molecular weight is 397 g/mol. The third kappa shape index (κ3) is 5.45. The molecule has 2 heterocycles. The molecule has 0 unspecified atom stereocenters. The molecule has 0 spiro atoms. The van der Waals surface area contributed by atoms with Gasteiger partial charge in [0.1, 0.15) is 0 Å². The van der Waals surface area contributed by atoms with Crippen LogP contribution in [0.1, 0.15) is 23.3 Å². The van der Waals surface area contributed by atoms with Crippen LogP contribution in [0.4, 0.5) is 0 Å². The topological polar surface area (TPSA) is 23.6 Å². The van der Waals surface area contributed by atoms with Gasteiger partial charge < -0.3 is 9.80 Å². The number of likely N-dealkylation sites (tertiary alicyclic amines) is 1. The molecule has 1 fully saturated rings. The van der Waals surface area contributed by atoms with E-state index in [-0.39, 0.29) is 5.91 Å². The summed E-state index contributed by atoms with van der Waals surface area (Å²) in [6.45, 7) is 4.51. The van der Waals surface area contributed by atoms with Crippen molar-refractivity contribution in [2.75, 3.05) is 26.2 Å². The standard InChI is InChI=1S/C19H22Cl2N2OS/c20-17-6-5-15(12-18(17)21)14-23(10-9-22-7-1-2-8-22)19(24)13-16-4-3-11-25-16/h3-6,11-12H,1-2,7-10,13-14H2. The third-order valence-electron chi connectivity index (χ3n) is 4.50. The van der Waals surface area contributed by atoms with Crippen molar-refractivity contribution in [3.05, 3.63) is 56.2 Å². The van der Waals surface area contributed by atoms with Crippen LogP contribution in [0, 0.1) is 0 Å². The van der Waals surface area contributed by atoms with E-state index in [1.807, 2.05) is 34.5 Å². The van der Waals surface area contributed by atoms with Crippen LogP contribution in [0.25, 0.3) is 0 Å². The minimum Gasteiger partial charge on any atom is -0.337 e. The average Bonchev–Trinajstić information content (AvgIpc) is 3.28. The van der Waals surface area contributed by atoms with Gasteiger partial charge in [0.2, 0.25) is 5.91 Å². The first-order valence-corrected chi connectivity index (χ1v) is 10.2. The maximum Gasteiger partial charge on any atom is 0.228 e. The Morgan fingerprint density at radius 3 is 2.64 bits per heavy atom. The predicted octanol–water partition coefficient (Wildman–Crippen LogP) is 4.72. The second kappa shape index (κ2) is 9.04. The Morgan fingerprint density at radius 1 is 1.16 bits per heavy atom. The van der Waals surface area contributed by atoms with Crippen LogP contribution in [0.3, 0.4) is 0 Å². The summed E-state index contributed by atoms with van der Waals surface area (Å²) in [7, 11) is 0. The van der Waals surface area contributed by atoms with Crippen molar-refractivity contribution in [1.29, 1.82) is 0 Å². The molecule has 1 aromatic carbocycles. The van der Waals surface area contributed by atoms with Crippen LogP contribution in [0.5, 0.6) is 0 Å². The van der Waals surface area contributed by atoms with Crippen LogP contribution in [0.2, 0.25) is 10.0 Å². The Bertz CT molecular complexity index is 699. The largest absolute Gasteiger partial charge is 0.337 e. The quantitative estimate of drug-likeness (QED) is 0.675. The highest BCUT2D eigenvalue weighted by Gasteiger charge is 2.18. The van der Waals surface area contributed by atoms with Gasteiger partial charge in [0.15, 0.2) is 0 Å². The number of carbonyl (C=O) groups is 1. The fourth-order valence-electron chi connectivity index (χ4n) is 3.09. The monoisotopic (exact) mass is 396 g/mol. The molecule has 1 aliphatic heterocycles. The molecule has 0 aliphatic carbocycles. The molecule has 3 nitrogen and oxygen atoms in total. The van der Waals surface area contributed by atoms with E-state index >= 15 is 0 Å². The Kier molecular flexibility index (Phi) is 6.77. The van der Waals surface area contributed by atoms with Crippen LogP contribution < -0.4 is 0 Å². The van der Waals surface area contributed by atoms with Crippen molar-refractivity contribution in [2.24, 2.45) is 0 Å². The molecule has 1 aromatic heterocycles. The summed E-state index contributed by atoms with van der Waals surface area (Å²) in [6, 6.07) is 9.59. The van der Waals surface area contributed by atoms with Gasteiger partial charge in [-0.2, -0.15) is 0 Å². The van der Waals surface area contributed by atoms with Gasteiger partial charge in [0.05, 0.1) is 16.5 Å². The van der Waals surface area contributed by atoms with Crippen molar-refractivity contribution in [3.63, 3.8) is 0 Å². The van der Waals surface area contributed by atoms with E-state index < -0.39 is 0 Å². The normalized spacial score (nSPS) is 14.8. The van der Waals surface area contributed by atoms with E-state index in [0.29, 0.717) is 23.0 Å². The van der Waals surface area contributed by atoms with Gasteiger partial charge in [0.25, 0.3) is 0 Å². The van der Waals surface area contributed by atoms with Crippen LogP contribution in [-0.2, 0) is 17.8 Å². The summed E-state index contributed by atoms with van der Waals surface area (Å²) in [4.78, 5) is 18.3. The first-order valence-electron chi connectivity index (χ1n) is 8.58. The zero-order valence-corrected chi connectivity index (χ0v) is 16.4. The predicted molar refractivity (Wildman–Crippen MR) is 106 cm³/mol. The molecule has 0 radical (unpaired) electrons. The second-order valence-corrected chi connectivity index (χ2v) is 8.22. The summed E-state index contributed by atoms with van der Waals surface area (Å²) in [5.41, 5.74) is 1.01. The highest BCUT2D eigenvalue weighted by Crippen LogP contribution is 2.23. The third-order valence-corrected chi connectivity index (χ3v) is 6.12. The molecular weight excluding hydrogens is 375 g/mol. The lowest BCUT2D eigenvalue weighted by Crippen LogP contribution is -2.38. The summed E-state index contributed by atoms with van der Waals surface area (Å²) < 4.78 is 0. The smallest absolute Gasteiger partial charge is 0.228 e. The first kappa shape index (κ1) is 18.7. The summed E-state index contributed by atoms with van der Waals surface area (Å²) in [5.74, 6) is 0.160. The maximum absolute atomic E-state index is 12.8. The molecular formula is C19H22Cl2N2OS. The second-order valence-electron chi connectivity index (χ2n) is 6.37. The van der Waals surface area contributed by atoms with Gasteiger partial charge in [-0.05, 0) is 55.1 Å². The summed E-state index contributed by atoms with van der Waals surface area (Å²) in [5, 5.41) is 3.08. The van der Waals surface area contributed by atoms with Gasteiger partial charge in [-0.25, -0.2) is 0 Å². The highest BCUT2D eigenvalue weighted by molar-refractivity contribution is 7.10. The van der Waals surface area contributed by atoms with E-state index in [2.05, 4.69) is 4.90 Å². The summed E-state index contributed by atoms with van der Waals surface area (Å²) in [6.07, 6.45) is 2.98. The maximum atomic E-state index is 12.8. The van der Waals surface area contributed by atoms with E-state index in [9.17, 15) is 4.79 Å². The number of benzene rings is 1. The molecule has 0 atom stereocenters. The van der Waals surface area contributed by atoms with Crippen LogP contribution in [-0.4, -0.2) is 41.9 Å². The number of thiophene rings is 1. The molecule has 0 N–H and O–H groups in total. The van der Waals surface area contributed by atoms with E-state index in [0.717, 1.165) is 36.6 Å². The minimum absolute atomic E-state index is 0.160. The Labute approximate surface area is 163 Å². The van der Waals surface area contributed by atoms with Crippen molar-refractivity contribution in [1.82, 2.24) is 9.80 Å². The SMILES string of the molecule is O=C(Cc1cccs1)N(CCN1CCCC1)Cc1ccc(Cl)c(Cl)c1. The highest BCUT2D eigenvalue weighted by atomic mass is 35.5. The fraction of sp³-hybridized carbons (Fsp3) is 0.421. The van der Waals surface area contributed by atoms with Gasteiger partial charge >= 0.3 is 0 Å². The lowest BCUT2D eigenvalue weighted by molar-refractivity contribution is -0.131. The molecule has 3 rings (SSSR count). The zero-order chi connectivity index (χ0) is 17.6. The molecule has 134 valence electrons. The van der Waals surface area contributed by atoms with Gasteiger partial charge in [-0.3, -0.25) is 4.79 Å². The Morgan fingerprint density at radius 2 is 1.96 bits per heavy atom. The molecule has 1 amide bonds. The first-order chi connectivity index (χ1) is 12.1. The number of nitrogens with zero attached hydrogens (tertiary/aromatic N) is 2. The number of halogens is 2. The minimum atomic E-state index is 0.160. The van der Waals surface area contributed by atoms with Crippen LogP contribution >= 0.6 is 34.5 Å². The number of hydrogen-bond donors (Lipinski definition) is 0. The lowest BCUT2D eigenvalue weighted by atomic mass is 10.2. The van der Waals surface area contributed by atoms with Gasteiger partial charge in [-0.15, -0.1) is 11.3 Å². The lowest BCUT2D eigenvalue weighted by Gasteiger charge is -2.26. The van der Waals surface area contributed by atoms with Crippen molar-refractivity contribution < 1.29 is 4.79 Å². The molecule has 1 saturated heterocycles. The van der Waals surface area contributed by atoms with Crippen molar-refractivity contribution >= 4 is 40.4 Å².